The van der Waals surface area contributed by atoms with Crippen LogP contribution in [-0.4, -0.2) is 51.7 Å². The molecule has 0 atom stereocenters. The zero-order chi connectivity index (χ0) is 21.1. The molecule has 0 unspecified atom stereocenters. The molecule has 4 rings (SSSR count). The number of rotatable bonds is 6. The summed E-state index contributed by atoms with van der Waals surface area (Å²) in [7, 11) is 1.56. The first kappa shape index (κ1) is 20.5. The van der Waals surface area contributed by atoms with Gasteiger partial charge in [-0.1, -0.05) is 0 Å². The van der Waals surface area contributed by atoms with Crippen LogP contribution in [0.15, 0.2) is 40.8 Å². The summed E-state index contributed by atoms with van der Waals surface area (Å²) in [6.45, 7) is 3.01. The minimum Gasteiger partial charge on any atom is -0.490 e. The van der Waals surface area contributed by atoms with E-state index in [4.69, 9.17) is 25.5 Å². The number of halogens is 2. The number of amides is 1. The molecule has 0 bridgehead atoms. The van der Waals surface area contributed by atoms with Crippen LogP contribution in [0.1, 0.15) is 10.4 Å². The van der Waals surface area contributed by atoms with E-state index in [1.54, 1.807) is 19.2 Å². The lowest BCUT2D eigenvalue weighted by atomic mass is 10.0. The summed E-state index contributed by atoms with van der Waals surface area (Å²) < 4.78 is 30.9. The van der Waals surface area contributed by atoms with E-state index in [1.165, 1.54) is 12.1 Å². The van der Waals surface area contributed by atoms with Crippen LogP contribution in [0.25, 0.3) is 22.3 Å². The number of fused-ring (bicyclic) bond motifs is 1. The number of ether oxygens (including phenoxy) is 2. The summed E-state index contributed by atoms with van der Waals surface area (Å²) in [4.78, 5) is 14.9. The van der Waals surface area contributed by atoms with Gasteiger partial charge in [0, 0.05) is 37.2 Å². The van der Waals surface area contributed by atoms with Gasteiger partial charge in [0.15, 0.2) is 0 Å². The van der Waals surface area contributed by atoms with Crippen molar-refractivity contribution >= 4 is 34.2 Å². The maximum atomic E-state index is 13.4. The number of nitrogens with one attached hydrogen (secondary N) is 1. The van der Waals surface area contributed by atoms with Crippen LogP contribution in [0, 0.1) is 5.82 Å². The second-order valence-corrected chi connectivity index (χ2v) is 7.22. The third kappa shape index (κ3) is 3.95. The van der Waals surface area contributed by atoms with Gasteiger partial charge in [-0.15, -0.1) is 11.6 Å². The number of hydrogen-bond donors (Lipinski definition) is 1. The highest BCUT2D eigenvalue weighted by atomic mass is 35.5. The molecule has 3 aromatic rings. The molecular weight excluding hydrogens is 411 g/mol. The molecule has 1 aliphatic rings. The average Bonchev–Trinajstić information content (AvgIpc) is 3.16. The van der Waals surface area contributed by atoms with Crippen molar-refractivity contribution in [2.24, 2.45) is 0 Å². The molecule has 30 heavy (non-hydrogen) atoms. The third-order valence-corrected chi connectivity index (χ3v) is 5.17. The van der Waals surface area contributed by atoms with E-state index >= 15 is 0 Å². The summed E-state index contributed by atoms with van der Waals surface area (Å²) >= 11 is 5.84. The fourth-order valence-corrected chi connectivity index (χ4v) is 3.66. The molecule has 1 saturated heterocycles. The van der Waals surface area contributed by atoms with Crippen molar-refractivity contribution in [1.29, 1.82) is 0 Å². The van der Waals surface area contributed by atoms with Crippen molar-refractivity contribution in [3.8, 4) is 17.1 Å². The Hall–Kier alpha value is -2.77. The molecule has 158 valence electrons. The van der Waals surface area contributed by atoms with E-state index in [9.17, 15) is 9.18 Å². The van der Waals surface area contributed by atoms with Gasteiger partial charge < -0.3 is 24.1 Å². The SMILES string of the molecule is CNC(=O)c1c(-c2ccc(F)cc2)oc2cc(N3CCOCC3)c(OCCCl)cc12. The van der Waals surface area contributed by atoms with Crippen LogP contribution in [0.4, 0.5) is 10.1 Å². The Morgan fingerprint density at radius 1 is 1.23 bits per heavy atom. The van der Waals surface area contributed by atoms with E-state index in [2.05, 4.69) is 10.2 Å². The first-order valence-corrected chi connectivity index (χ1v) is 10.3. The number of carbonyl (C=O) groups is 1. The van der Waals surface area contributed by atoms with Gasteiger partial charge in [-0.3, -0.25) is 4.79 Å². The van der Waals surface area contributed by atoms with Crippen molar-refractivity contribution in [1.82, 2.24) is 5.32 Å². The minimum atomic E-state index is -0.359. The van der Waals surface area contributed by atoms with Gasteiger partial charge in [0.05, 0.1) is 30.3 Å². The monoisotopic (exact) mass is 432 g/mol. The standard InChI is InChI=1S/C22H22ClFN2O4/c1-25-22(27)20-16-12-19(29-9-6-23)17(26-7-10-28-11-8-26)13-18(16)30-21(20)14-2-4-15(24)5-3-14/h2-5,12-13H,6-11H2,1H3,(H,25,27). The molecule has 1 aromatic heterocycles. The molecule has 1 N–H and O–H groups in total. The number of morpholine rings is 1. The highest BCUT2D eigenvalue weighted by Gasteiger charge is 2.25. The van der Waals surface area contributed by atoms with Gasteiger partial charge in [0.25, 0.3) is 5.91 Å². The molecule has 8 heteroatoms. The van der Waals surface area contributed by atoms with Gasteiger partial charge in [-0.2, -0.15) is 0 Å². The molecule has 0 radical (unpaired) electrons. The maximum Gasteiger partial charge on any atom is 0.255 e. The number of anilines is 1. The predicted octanol–water partition coefficient (Wildman–Crippen LogP) is 4.05. The van der Waals surface area contributed by atoms with E-state index in [0.717, 1.165) is 18.8 Å². The zero-order valence-corrected chi connectivity index (χ0v) is 17.3. The van der Waals surface area contributed by atoms with Crippen molar-refractivity contribution in [2.45, 2.75) is 0 Å². The quantitative estimate of drug-likeness (QED) is 0.595. The van der Waals surface area contributed by atoms with Crippen LogP contribution in [0.3, 0.4) is 0 Å². The lowest BCUT2D eigenvalue weighted by molar-refractivity contribution is 0.0964. The molecule has 6 nitrogen and oxygen atoms in total. The van der Waals surface area contributed by atoms with Crippen molar-refractivity contribution in [3.63, 3.8) is 0 Å². The highest BCUT2D eigenvalue weighted by molar-refractivity contribution is 6.18. The van der Waals surface area contributed by atoms with Crippen molar-refractivity contribution < 1.29 is 23.1 Å². The Bertz CT molecular complexity index is 1050. The van der Waals surface area contributed by atoms with Crippen LogP contribution < -0.4 is 15.0 Å². The molecular formula is C22H22ClFN2O4. The van der Waals surface area contributed by atoms with Gasteiger partial charge in [-0.05, 0) is 30.3 Å². The number of alkyl halides is 1. The highest BCUT2D eigenvalue weighted by Crippen LogP contribution is 2.40. The summed E-state index contributed by atoms with van der Waals surface area (Å²) in [5.41, 5.74) is 2.40. The Balaban J connectivity index is 1.90. The Morgan fingerprint density at radius 2 is 1.97 bits per heavy atom. The van der Waals surface area contributed by atoms with E-state index in [1.807, 2.05) is 12.1 Å². The molecule has 2 heterocycles. The topological polar surface area (TPSA) is 63.9 Å². The summed E-state index contributed by atoms with van der Waals surface area (Å²) in [6.07, 6.45) is 0. The first-order chi connectivity index (χ1) is 14.6. The number of hydrogen-bond acceptors (Lipinski definition) is 5. The molecule has 0 aliphatic carbocycles. The van der Waals surface area contributed by atoms with Crippen molar-refractivity contribution in [2.75, 3.05) is 50.7 Å². The van der Waals surface area contributed by atoms with E-state index < -0.39 is 0 Å². The Labute approximate surface area is 178 Å². The predicted molar refractivity (Wildman–Crippen MR) is 114 cm³/mol. The molecule has 2 aromatic carbocycles. The Kier molecular flexibility index (Phi) is 6.11. The van der Waals surface area contributed by atoms with Crippen LogP contribution in [0.2, 0.25) is 0 Å². The maximum absolute atomic E-state index is 13.4. The third-order valence-electron chi connectivity index (χ3n) is 5.02. The smallest absolute Gasteiger partial charge is 0.255 e. The summed E-state index contributed by atoms with van der Waals surface area (Å²) in [6, 6.07) is 9.55. The normalized spacial score (nSPS) is 14.2. The molecule has 1 amide bonds. The van der Waals surface area contributed by atoms with Crippen LogP contribution >= 0.6 is 11.6 Å². The number of furan rings is 1. The van der Waals surface area contributed by atoms with Crippen molar-refractivity contribution in [3.05, 3.63) is 47.8 Å². The fraction of sp³-hybridized carbons (Fsp3) is 0.318. The minimum absolute atomic E-state index is 0.296. The largest absolute Gasteiger partial charge is 0.490 e. The second kappa shape index (κ2) is 8.93. The van der Waals surface area contributed by atoms with Crippen LogP contribution in [-0.2, 0) is 4.74 Å². The zero-order valence-electron chi connectivity index (χ0n) is 16.5. The molecule has 0 saturated carbocycles. The lowest BCUT2D eigenvalue weighted by Crippen LogP contribution is -2.36. The van der Waals surface area contributed by atoms with Gasteiger partial charge >= 0.3 is 0 Å². The summed E-state index contributed by atoms with van der Waals surface area (Å²) in [5, 5.41) is 3.28. The first-order valence-electron chi connectivity index (χ1n) is 9.72. The number of benzene rings is 2. The van der Waals surface area contributed by atoms with E-state index in [-0.39, 0.29) is 11.7 Å². The van der Waals surface area contributed by atoms with E-state index in [0.29, 0.717) is 59.3 Å². The number of carbonyl (C=O) groups excluding carboxylic acids is 1. The molecule has 0 spiro atoms. The number of nitrogens with zero attached hydrogens (tertiary/aromatic N) is 1. The average molecular weight is 433 g/mol. The van der Waals surface area contributed by atoms with Gasteiger partial charge in [0.2, 0.25) is 0 Å². The molecule has 1 fully saturated rings. The van der Waals surface area contributed by atoms with Crippen LogP contribution in [0.5, 0.6) is 5.75 Å². The molecule has 1 aliphatic heterocycles. The van der Waals surface area contributed by atoms with Gasteiger partial charge in [0.1, 0.15) is 29.5 Å². The Morgan fingerprint density at radius 3 is 2.63 bits per heavy atom. The second-order valence-electron chi connectivity index (χ2n) is 6.85. The fourth-order valence-electron chi connectivity index (χ4n) is 3.58. The lowest BCUT2D eigenvalue weighted by Gasteiger charge is -2.30. The van der Waals surface area contributed by atoms with Gasteiger partial charge in [-0.25, -0.2) is 4.39 Å². The summed E-state index contributed by atoms with van der Waals surface area (Å²) in [5.74, 6) is 0.696.